The first-order chi connectivity index (χ1) is 8.19. The number of carbonyl (C=O) groups is 1. The van der Waals surface area contributed by atoms with Crippen LogP contribution in [-0.2, 0) is 0 Å². The average molecular weight is 255 g/mol. The van der Waals surface area contributed by atoms with Crippen molar-refractivity contribution in [2.24, 2.45) is 5.73 Å². The molecule has 0 aliphatic rings. The predicted molar refractivity (Wildman–Crippen MR) is 63.7 cm³/mol. The van der Waals surface area contributed by atoms with E-state index >= 15 is 0 Å². The Labute approximate surface area is 103 Å². The Morgan fingerprint density at radius 2 is 2.11 bits per heavy atom. The number of nitro groups is 1. The van der Waals surface area contributed by atoms with Crippen molar-refractivity contribution in [2.75, 3.05) is 6.54 Å². The minimum absolute atomic E-state index is 0.106. The van der Waals surface area contributed by atoms with Crippen molar-refractivity contribution in [3.05, 3.63) is 39.7 Å². The van der Waals surface area contributed by atoms with E-state index in [-0.39, 0.29) is 12.1 Å². The van der Waals surface area contributed by atoms with Crippen LogP contribution in [0.25, 0.3) is 0 Å². The molecule has 0 aliphatic heterocycles. The molecule has 0 spiro atoms. The summed E-state index contributed by atoms with van der Waals surface area (Å²) in [5.41, 5.74) is 4.49. The van der Waals surface area contributed by atoms with Crippen LogP contribution in [0.15, 0.2) is 18.2 Å². The average Bonchev–Trinajstić information content (AvgIpc) is 2.23. The van der Waals surface area contributed by atoms with E-state index in [2.05, 4.69) is 5.32 Å². The van der Waals surface area contributed by atoms with Gasteiger partial charge in [-0.25, -0.2) is 4.39 Å². The molecular formula is C11H14FN3O3. The second kappa shape index (κ2) is 5.09. The molecule has 3 N–H and O–H groups in total. The van der Waals surface area contributed by atoms with E-state index < -0.39 is 27.9 Å². The van der Waals surface area contributed by atoms with Crippen molar-refractivity contribution in [3.8, 4) is 0 Å². The van der Waals surface area contributed by atoms with Gasteiger partial charge in [-0.2, -0.15) is 0 Å². The number of hydrogen-bond acceptors (Lipinski definition) is 4. The van der Waals surface area contributed by atoms with Gasteiger partial charge in [-0.1, -0.05) is 0 Å². The third kappa shape index (κ3) is 4.10. The van der Waals surface area contributed by atoms with Gasteiger partial charge in [0.1, 0.15) is 5.82 Å². The zero-order chi connectivity index (χ0) is 13.9. The van der Waals surface area contributed by atoms with Crippen molar-refractivity contribution in [1.29, 1.82) is 0 Å². The first-order valence-electron chi connectivity index (χ1n) is 5.21. The minimum atomic E-state index is -0.832. The Hall–Kier alpha value is -2.02. The second-order valence-corrected chi connectivity index (χ2v) is 4.63. The monoisotopic (exact) mass is 255 g/mol. The van der Waals surface area contributed by atoms with Gasteiger partial charge in [0.15, 0.2) is 0 Å². The molecule has 1 amide bonds. The number of benzene rings is 1. The van der Waals surface area contributed by atoms with Crippen molar-refractivity contribution in [2.45, 2.75) is 19.4 Å². The fourth-order valence-corrected chi connectivity index (χ4v) is 1.22. The van der Waals surface area contributed by atoms with Crippen LogP contribution in [0.4, 0.5) is 10.1 Å². The number of rotatable bonds is 4. The molecule has 0 heterocycles. The molecule has 0 aliphatic carbocycles. The molecule has 0 unspecified atom stereocenters. The number of amides is 1. The number of nitrogens with two attached hydrogens (primary N) is 1. The van der Waals surface area contributed by atoms with E-state index in [0.717, 1.165) is 18.2 Å². The third-order valence-electron chi connectivity index (χ3n) is 2.06. The van der Waals surface area contributed by atoms with Gasteiger partial charge in [-0.05, 0) is 19.9 Å². The van der Waals surface area contributed by atoms with Gasteiger partial charge in [-0.3, -0.25) is 14.9 Å². The number of nitro benzene ring substituents is 1. The smallest absolute Gasteiger partial charge is 0.273 e. The Balaban J connectivity index is 2.89. The normalized spacial score (nSPS) is 11.1. The first-order valence-corrected chi connectivity index (χ1v) is 5.21. The summed E-state index contributed by atoms with van der Waals surface area (Å²) in [6.07, 6.45) is 0. The van der Waals surface area contributed by atoms with Crippen LogP contribution in [0, 0.1) is 15.9 Å². The summed E-state index contributed by atoms with van der Waals surface area (Å²) in [6.45, 7) is 3.60. The van der Waals surface area contributed by atoms with Crippen LogP contribution in [0.2, 0.25) is 0 Å². The Kier molecular flexibility index (Phi) is 3.97. The summed E-state index contributed by atoms with van der Waals surface area (Å²) in [6, 6.07) is 2.71. The summed E-state index contributed by atoms with van der Waals surface area (Å²) in [5, 5.41) is 13.0. The third-order valence-corrected chi connectivity index (χ3v) is 2.06. The van der Waals surface area contributed by atoms with Gasteiger partial charge in [0.2, 0.25) is 0 Å². The van der Waals surface area contributed by atoms with Crippen molar-refractivity contribution in [3.63, 3.8) is 0 Å². The summed E-state index contributed by atoms with van der Waals surface area (Å²) >= 11 is 0. The van der Waals surface area contributed by atoms with E-state index in [0.29, 0.717) is 0 Å². The van der Waals surface area contributed by atoms with Crippen LogP contribution in [-0.4, -0.2) is 22.9 Å². The van der Waals surface area contributed by atoms with E-state index in [4.69, 9.17) is 5.73 Å². The number of halogens is 1. The molecule has 0 radical (unpaired) electrons. The molecule has 0 aromatic heterocycles. The van der Waals surface area contributed by atoms with Gasteiger partial charge in [-0.15, -0.1) is 0 Å². The number of hydrogen-bond donors (Lipinski definition) is 2. The lowest BCUT2D eigenvalue weighted by molar-refractivity contribution is -0.385. The second-order valence-electron chi connectivity index (χ2n) is 4.63. The Morgan fingerprint density at radius 1 is 1.50 bits per heavy atom. The van der Waals surface area contributed by atoms with Gasteiger partial charge in [0, 0.05) is 23.7 Å². The zero-order valence-electron chi connectivity index (χ0n) is 10.1. The Bertz CT molecular complexity index is 483. The number of nitrogens with one attached hydrogen (secondary N) is 1. The van der Waals surface area contributed by atoms with Gasteiger partial charge in [0.25, 0.3) is 11.6 Å². The molecule has 6 nitrogen and oxygen atoms in total. The molecule has 0 saturated carbocycles. The van der Waals surface area contributed by atoms with Crippen molar-refractivity contribution in [1.82, 2.24) is 5.32 Å². The summed E-state index contributed by atoms with van der Waals surface area (Å²) in [4.78, 5) is 21.4. The van der Waals surface area contributed by atoms with Crippen LogP contribution < -0.4 is 11.1 Å². The van der Waals surface area contributed by atoms with Crippen LogP contribution in [0.5, 0.6) is 0 Å². The zero-order valence-corrected chi connectivity index (χ0v) is 10.1. The molecular weight excluding hydrogens is 241 g/mol. The highest BCUT2D eigenvalue weighted by Crippen LogP contribution is 2.16. The van der Waals surface area contributed by atoms with Gasteiger partial charge >= 0.3 is 0 Å². The number of non-ortho nitro benzene ring substituents is 1. The van der Waals surface area contributed by atoms with Crippen molar-refractivity contribution >= 4 is 11.6 Å². The summed E-state index contributed by atoms with van der Waals surface area (Å²) in [5.74, 6) is -1.43. The summed E-state index contributed by atoms with van der Waals surface area (Å²) < 4.78 is 13.1. The molecule has 1 aromatic rings. The quantitative estimate of drug-likeness (QED) is 0.623. The standard InChI is InChI=1S/C11H14FN3O3/c1-11(2,13)6-14-10(16)7-3-8(12)5-9(4-7)15(17)18/h3-5H,6,13H2,1-2H3,(H,14,16). The fourth-order valence-electron chi connectivity index (χ4n) is 1.22. The maximum Gasteiger partial charge on any atom is 0.273 e. The molecule has 98 valence electrons. The molecule has 0 atom stereocenters. The highest BCUT2D eigenvalue weighted by atomic mass is 19.1. The lowest BCUT2D eigenvalue weighted by Crippen LogP contribution is -2.45. The molecule has 18 heavy (non-hydrogen) atoms. The van der Waals surface area contributed by atoms with E-state index in [9.17, 15) is 19.3 Å². The number of carbonyl (C=O) groups excluding carboxylic acids is 1. The maximum absolute atomic E-state index is 13.1. The van der Waals surface area contributed by atoms with E-state index in [1.807, 2.05) is 0 Å². The fraction of sp³-hybridized carbons (Fsp3) is 0.364. The van der Waals surface area contributed by atoms with Crippen LogP contribution in [0.3, 0.4) is 0 Å². The van der Waals surface area contributed by atoms with Gasteiger partial charge < -0.3 is 11.1 Å². The largest absolute Gasteiger partial charge is 0.350 e. The lowest BCUT2D eigenvalue weighted by atomic mass is 10.1. The summed E-state index contributed by atoms with van der Waals surface area (Å²) in [7, 11) is 0. The molecule has 7 heteroatoms. The van der Waals surface area contributed by atoms with E-state index in [1.165, 1.54) is 0 Å². The molecule has 0 bridgehead atoms. The Morgan fingerprint density at radius 3 is 2.61 bits per heavy atom. The highest BCUT2D eigenvalue weighted by molar-refractivity contribution is 5.94. The predicted octanol–water partition coefficient (Wildman–Crippen LogP) is 1.20. The molecule has 0 fully saturated rings. The van der Waals surface area contributed by atoms with Crippen LogP contribution in [0.1, 0.15) is 24.2 Å². The van der Waals surface area contributed by atoms with Crippen LogP contribution >= 0.6 is 0 Å². The van der Waals surface area contributed by atoms with Gasteiger partial charge in [0.05, 0.1) is 11.0 Å². The number of nitrogens with zero attached hydrogens (tertiary/aromatic N) is 1. The highest BCUT2D eigenvalue weighted by Gasteiger charge is 2.17. The molecule has 1 rings (SSSR count). The van der Waals surface area contributed by atoms with Crippen molar-refractivity contribution < 1.29 is 14.1 Å². The topological polar surface area (TPSA) is 98.3 Å². The van der Waals surface area contributed by atoms with E-state index in [1.54, 1.807) is 13.8 Å². The first kappa shape index (κ1) is 14.0. The molecule has 1 aromatic carbocycles. The minimum Gasteiger partial charge on any atom is -0.350 e. The SMILES string of the molecule is CC(C)(N)CNC(=O)c1cc(F)cc([N+](=O)[O-])c1. The molecule has 0 saturated heterocycles. The maximum atomic E-state index is 13.1. The lowest BCUT2D eigenvalue weighted by Gasteiger charge is -2.18.